The lowest BCUT2D eigenvalue weighted by Gasteiger charge is -2.18. The van der Waals surface area contributed by atoms with Crippen LogP contribution in [0.1, 0.15) is 16.8 Å². The molecule has 0 aromatic carbocycles. The molecule has 0 atom stereocenters. The number of hydrogen-bond acceptors (Lipinski definition) is 6. The lowest BCUT2D eigenvalue weighted by atomic mass is 10.0. The molecule has 10 heteroatoms. The number of imidazole rings is 1. The predicted molar refractivity (Wildman–Crippen MR) is 90.9 cm³/mol. The molecule has 4 aromatic heterocycles. The minimum absolute atomic E-state index is 0.0591. The van der Waals surface area contributed by atoms with Crippen molar-refractivity contribution in [3.63, 3.8) is 0 Å². The van der Waals surface area contributed by atoms with E-state index in [4.69, 9.17) is 4.42 Å². The minimum Gasteiger partial charge on any atom is -0.422 e. The number of rotatable bonds is 3. The first kappa shape index (κ1) is 17.4. The normalized spacial score (nSPS) is 12.6. The molecule has 0 unspecified atom stereocenters. The van der Waals surface area contributed by atoms with E-state index in [1.165, 1.54) is 17.7 Å². The molecule has 7 nitrogen and oxygen atoms in total. The van der Waals surface area contributed by atoms with Crippen molar-refractivity contribution in [2.75, 3.05) is 14.1 Å². The average Bonchev–Trinajstić information content (AvgIpc) is 3.21. The zero-order valence-electron chi connectivity index (χ0n) is 14.7. The van der Waals surface area contributed by atoms with E-state index in [0.29, 0.717) is 23.4 Å². The van der Waals surface area contributed by atoms with Gasteiger partial charge in [-0.25, -0.2) is 9.97 Å². The van der Waals surface area contributed by atoms with Crippen LogP contribution in [0.25, 0.3) is 28.3 Å². The topological polar surface area (TPSA) is 72.4 Å². The van der Waals surface area contributed by atoms with Crippen molar-refractivity contribution >= 4 is 16.7 Å². The molecule has 0 aliphatic heterocycles. The van der Waals surface area contributed by atoms with Crippen molar-refractivity contribution in [1.29, 1.82) is 0 Å². The van der Waals surface area contributed by atoms with Crippen molar-refractivity contribution in [3.05, 3.63) is 41.5 Å². The van der Waals surface area contributed by atoms with E-state index in [1.807, 2.05) is 0 Å². The second-order valence-electron chi connectivity index (χ2n) is 6.51. The number of fused-ring (bicyclic) bond motifs is 3. The molecule has 0 aliphatic rings. The molecule has 0 amide bonds. The third-order valence-electron chi connectivity index (χ3n) is 4.09. The molecule has 140 valence electrons. The Morgan fingerprint density at radius 2 is 1.96 bits per heavy atom. The molecule has 4 rings (SSSR count). The van der Waals surface area contributed by atoms with Gasteiger partial charge in [0.05, 0.1) is 5.56 Å². The fourth-order valence-electron chi connectivity index (χ4n) is 3.12. The minimum atomic E-state index is -4.50. The standard InChI is InChI=1S/C17H15F3N6O/c1-9-4-11(17(18,19)20)14-10(6-25(2)3)5-13-23-12(16-24-21-8-27-16)7-26(13)15(14)22-9/h4-5,7-8H,6H2,1-3H3. The van der Waals surface area contributed by atoms with Crippen molar-refractivity contribution < 1.29 is 17.6 Å². The maximum Gasteiger partial charge on any atom is 0.417 e. The number of pyridine rings is 2. The van der Waals surface area contributed by atoms with E-state index in [-0.39, 0.29) is 22.6 Å². The Balaban J connectivity index is 2.12. The summed E-state index contributed by atoms with van der Waals surface area (Å²) in [6.07, 6.45) is -1.78. The van der Waals surface area contributed by atoms with Gasteiger partial charge in [0.2, 0.25) is 6.39 Å². The zero-order chi connectivity index (χ0) is 19.3. The van der Waals surface area contributed by atoms with E-state index in [2.05, 4.69) is 20.2 Å². The summed E-state index contributed by atoms with van der Waals surface area (Å²) < 4.78 is 47.9. The number of aromatic nitrogens is 5. The van der Waals surface area contributed by atoms with Gasteiger partial charge in [0, 0.05) is 23.8 Å². The monoisotopic (exact) mass is 376 g/mol. The first-order chi connectivity index (χ1) is 12.7. The maximum atomic E-state index is 13.7. The van der Waals surface area contributed by atoms with Crippen LogP contribution in [0.4, 0.5) is 13.2 Å². The van der Waals surface area contributed by atoms with Gasteiger partial charge in [0.25, 0.3) is 5.89 Å². The highest BCUT2D eigenvalue weighted by molar-refractivity contribution is 5.87. The van der Waals surface area contributed by atoms with Crippen LogP contribution < -0.4 is 0 Å². The van der Waals surface area contributed by atoms with Crippen molar-refractivity contribution in [1.82, 2.24) is 29.5 Å². The molecular formula is C17H15F3N6O. The van der Waals surface area contributed by atoms with Crippen LogP contribution in [0.5, 0.6) is 0 Å². The molecule has 27 heavy (non-hydrogen) atoms. The summed E-state index contributed by atoms with van der Waals surface area (Å²) in [4.78, 5) is 10.6. The van der Waals surface area contributed by atoms with Crippen LogP contribution in [0, 0.1) is 6.92 Å². The maximum absolute atomic E-state index is 13.7. The molecule has 0 saturated carbocycles. The lowest BCUT2D eigenvalue weighted by molar-refractivity contribution is -0.136. The third-order valence-corrected chi connectivity index (χ3v) is 4.09. The Kier molecular flexibility index (Phi) is 3.88. The fraction of sp³-hybridized carbons (Fsp3) is 0.294. The third kappa shape index (κ3) is 3.01. The lowest BCUT2D eigenvalue weighted by Crippen LogP contribution is -2.15. The number of hydrogen-bond donors (Lipinski definition) is 0. The number of halogens is 3. The molecule has 0 saturated heterocycles. The molecule has 0 bridgehead atoms. The van der Waals surface area contributed by atoms with E-state index < -0.39 is 11.7 Å². The fourth-order valence-corrected chi connectivity index (χ4v) is 3.12. The highest BCUT2D eigenvalue weighted by Crippen LogP contribution is 2.37. The Bertz CT molecular complexity index is 1130. The van der Waals surface area contributed by atoms with Gasteiger partial charge in [-0.1, -0.05) is 0 Å². The average molecular weight is 376 g/mol. The van der Waals surface area contributed by atoms with Crippen LogP contribution in [0.15, 0.2) is 29.1 Å². The summed E-state index contributed by atoms with van der Waals surface area (Å²) >= 11 is 0. The molecular weight excluding hydrogens is 361 g/mol. The molecule has 0 spiro atoms. The van der Waals surface area contributed by atoms with Gasteiger partial charge in [-0.15, -0.1) is 10.2 Å². The first-order valence-electron chi connectivity index (χ1n) is 8.05. The quantitative estimate of drug-likeness (QED) is 0.546. The van der Waals surface area contributed by atoms with Crippen LogP contribution in [-0.2, 0) is 12.7 Å². The smallest absolute Gasteiger partial charge is 0.417 e. The molecule has 0 fully saturated rings. The first-order valence-corrected chi connectivity index (χ1v) is 8.05. The molecule has 4 heterocycles. The molecule has 0 N–H and O–H groups in total. The van der Waals surface area contributed by atoms with Gasteiger partial charge in [0.1, 0.15) is 17.0 Å². The largest absolute Gasteiger partial charge is 0.422 e. The predicted octanol–water partition coefficient (Wildman–Crippen LogP) is 3.32. The van der Waals surface area contributed by atoms with Gasteiger partial charge in [-0.3, -0.25) is 4.40 Å². The van der Waals surface area contributed by atoms with Crippen LogP contribution in [-0.4, -0.2) is 43.6 Å². The van der Waals surface area contributed by atoms with Gasteiger partial charge in [-0.2, -0.15) is 13.2 Å². The summed E-state index contributed by atoms with van der Waals surface area (Å²) in [6, 6.07) is 2.71. The number of aryl methyl sites for hydroxylation is 1. The number of nitrogens with zero attached hydrogens (tertiary/aromatic N) is 6. The van der Waals surface area contributed by atoms with Crippen LogP contribution in [0.3, 0.4) is 0 Å². The van der Waals surface area contributed by atoms with Gasteiger partial charge in [-0.05, 0) is 38.7 Å². The molecule has 4 aromatic rings. The Morgan fingerprint density at radius 3 is 2.59 bits per heavy atom. The Labute approximate surface area is 151 Å². The Hall–Kier alpha value is -3.01. The van der Waals surface area contributed by atoms with Crippen molar-refractivity contribution in [2.45, 2.75) is 19.6 Å². The van der Waals surface area contributed by atoms with Gasteiger partial charge >= 0.3 is 6.18 Å². The highest BCUT2D eigenvalue weighted by Gasteiger charge is 2.35. The van der Waals surface area contributed by atoms with Gasteiger partial charge < -0.3 is 9.32 Å². The van der Waals surface area contributed by atoms with E-state index in [9.17, 15) is 13.2 Å². The van der Waals surface area contributed by atoms with Crippen molar-refractivity contribution in [2.24, 2.45) is 0 Å². The van der Waals surface area contributed by atoms with E-state index in [0.717, 1.165) is 6.07 Å². The molecule has 0 radical (unpaired) electrons. The Morgan fingerprint density at radius 1 is 1.19 bits per heavy atom. The zero-order valence-corrected chi connectivity index (χ0v) is 14.7. The second kappa shape index (κ2) is 6.02. The summed E-state index contributed by atoms with van der Waals surface area (Å²) in [7, 11) is 3.58. The summed E-state index contributed by atoms with van der Waals surface area (Å²) in [5, 5.41) is 7.48. The summed E-state index contributed by atoms with van der Waals surface area (Å²) in [5.41, 5.74) is 1.06. The summed E-state index contributed by atoms with van der Waals surface area (Å²) in [5.74, 6) is 0.185. The van der Waals surface area contributed by atoms with Crippen LogP contribution in [0.2, 0.25) is 0 Å². The van der Waals surface area contributed by atoms with E-state index in [1.54, 1.807) is 31.3 Å². The second-order valence-corrected chi connectivity index (χ2v) is 6.51. The van der Waals surface area contributed by atoms with E-state index >= 15 is 0 Å². The SMILES string of the molecule is Cc1cc(C(F)(F)F)c2c(CN(C)C)cc3nc(-c4nnco4)cn3c2n1. The van der Waals surface area contributed by atoms with Crippen molar-refractivity contribution in [3.8, 4) is 11.6 Å². The summed E-state index contributed by atoms with van der Waals surface area (Å²) in [6.45, 7) is 1.85. The number of alkyl halides is 3. The van der Waals surface area contributed by atoms with Crippen LogP contribution >= 0.6 is 0 Å². The molecule has 0 aliphatic carbocycles. The van der Waals surface area contributed by atoms with Gasteiger partial charge in [0.15, 0.2) is 0 Å². The highest BCUT2D eigenvalue weighted by atomic mass is 19.4.